The van der Waals surface area contributed by atoms with Gasteiger partial charge in [0.25, 0.3) is 10.1 Å². The third kappa shape index (κ3) is 2.79. The van der Waals surface area contributed by atoms with E-state index in [2.05, 4.69) is 48.5 Å². The third-order valence-electron chi connectivity index (χ3n) is 6.17. The Morgan fingerprint density at radius 3 is 1.93 bits per heavy atom. The average Bonchev–Trinajstić information content (AvgIpc) is 2.73. The molecule has 0 heterocycles. The fourth-order valence-electron chi connectivity index (χ4n) is 4.87. The molecule has 0 saturated heterocycles. The van der Waals surface area contributed by atoms with Crippen molar-refractivity contribution < 1.29 is 12.6 Å². The van der Waals surface area contributed by atoms with Gasteiger partial charge in [-0.15, -0.1) is 0 Å². The Morgan fingerprint density at radius 1 is 0.821 bits per heavy atom. The lowest BCUT2D eigenvalue weighted by Gasteiger charge is -2.45. The van der Waals surface area contributed by atoms with Gasteiger partial charge in [0.05, 0.1) is 11.5 Å². The molecule has 142 valence electrons. The maximum Gasteiger partial charge on any atom is 0.296 e. The van der Waals surface area contributed by atoms with Gasteiger partial charge in [-0.1, -0.05) is 66.2 Å². The summed E-state index contributed by atoms with van der Waals surface area (Å²) < 4.78 is 30.9. The van der Waals surface area contributed by atoms with Crippen molar-refractivity contribution in [2.24, 2.45) is 5.92 Å². The molecule has 2 bridgehead atoms. The lowest BCUT2D eigenvalue weighted by molar-refractivity contribution is 0.209. The first-order valence-electron chi connectivity index (χ1n) is 9.68. The number of hydrogen-bond donors (Lipinski definition) is 0. The van der Waals surface area contributed by atoms with E-state index in [1.807, 2.05) is 6.92 Å². The lowest BCUT2D eigenvalue weighted by Crippen LogP contribution is -2.34. The molecule has 1 atom stereocenters. The van der Waals surface area contributed by atoms with Crippen LogP contribution >= 0.6 is 0 Å². The predicted molar refractivity (Wildman–Crippen MR) is 109 cm³/mol. The van der Waals surface area contributed by atoms with Crippen LogP contribution in [0.15, 0.2) is 77.7 Å². The molecule has 4 heteroatoms. The van der Waals surface area contributed by atoms with Gasteiger partial charge in [-0.3, -0.25) is 4.18 Å². The molecule has 0 N–H and O–H groups in total. The molecule has 28 heavy (non-hydrogen) atoms. The van der Waals surface area contributed by atoms with Crippen molar-refractivity contribution in [1.29, 1.82) is 0 Å². The van der Waals surface area contributed by atoms with Gasteiger partial charge < -0.3 is 0 Å². The highest BCUT2D eigenvalue weighted by Crippen LogP contribution is 2.55. The minimum Gasteiger partial charge on any atom is -0.266 e. The minimum absolute atomic E-state index is 0.148. The van der Waals surface area contributed by atoms with Crippen LogP contribution in [0.2, 0.25) is 0 Å². The van der Waals surface area contributed by atoms with Gasteiger partial charge in [-0.25, -0.2) is 0 Å². The van der Waals surface area contributed by atoms with E-state index in [0.29, 0.717) is 5.92 Å². The summed E-state index contributed by atoms with van der Waals surface area (Å²) >= 11 is 0. The van der Waals surface area contributed by atoms with Gasteiger partial charge in [0.1, 0.15) is 0 Å². The van der Waals surface area contributed by atoms with Gasteiger partial charge in [0.2, 0.25) is 0 Å². The normalized spacial score (nSPS) is 22.5. The van der Waals surface area contributed by atoms with Crippen LogP contribution in [0.3, 0.4) is 0 Å². The molecule has 0 spiro atoms. The lowest BCUT2D eigenvalue weighted by atomic mass is 9.59. The number of rotatable bonds is 4. The second kappa shape index (κ2) is 6.57. The van der Waals surface area contributed by atoms with Gasteiger partial charge >= 0.3 is 0 Å². The van der Waals surface area contributed by atoms with Crippen LogP contribution in [0.25, 0.3) is 0 Å². The maximum absolute atomic E-state index is 12.7. The van der Waals surface area contributed by atoms with Gasteiger partial charge in [0, 0.05) is 11.8 Å². The topological polar surface area (TPSA) is 43.4 Å². The molecule has 1 unspecified atom stereocenters. The van der Waals surface area contributed by atoms with E-state index in [1.165, 1.54) is 22.3 Å². The first-order chi connectivity index (χ1) is 13.5. The van der Waals surface area contributed by atoms with Gasteiger partial charge in [0.15, 0.2) is 0 Å². The molecular formula is C24H22O3S. The monoisotopic (exact) mass is 390 g/mol. The van der Waals surface area contributed by atoms with Crippen LogP contribution in [-0.2, 0) is 14.3 Å². The van der Waals surface area contributed by atoms with E-state index in [1.54, 1.807) is 24.3 Å². The Balaban J connectivity index is 1.46. The zero-order chi connectivity index (χ0) is 19.3. The molecule has 0 saturated carbocycles. The second-order valence-corrected chi connectivity index (χ2v) is 9.45. The molecular weight excluding hydrogens is 368 g/mol. The van der Waals surface area contributed by atoms with Crippen LogP contribution in [0, 0.1) is 12.8 Å². The van der Waals surface area contributed by atoms with Crippen LogP contribution < -0.4 is 0 Å². The largest absolute Gasteiger partial charge is 0.296 e. The molecule has 0 amide bonds. The SMILES string of the molecule is Cc1ccc(S(=O)(=O)OCC2CC3c4ccccc4C2c2ccccc23)cc1. The van der Waals surface area contributed by atoms with Crippen molar-refractivity contribution in [2.45, 2.75) is 30.1 Å². The quantitative estimate of drug-likeness (QED) is 0.589. The van der Waals surface area contributed by atoms with Crippen molar-refractivity contribution in [1.82, 2.24) is 0 Å². The summed E-state index contributed by atoms with van der Waals surface area (Å²) in [6.07, 6.45) is 0.919. The standard InChI is InChI=1S/C24H22O3S/c1-16-10-12-18(13-11-16)28(25,26)27-15-17-14-23-19-6-2-4-8-21(19)24(17)22-9-5-3-7-20(22)23/h2-13,17,23-24H,14-15H2,1H3. The van der Waals surface area contributed by atoms with Gasteiger partial charge in [-0.2, -0.15) is 8.42 Å². The summed E-state index contributed by atoms with van der Waals surface area (Å²) in [7, 11) is -3.75. The number of hydrogen-bond acceptors (Lipinski definition) is 3. The van der Waals surface area contributed by atoms with Crippen LogP contribution in [-0.4, -0.2) is 15.0 Å². The molecule has 3 nitrogen and oxygen atoms in total. The molecule has 3 aliphatic rings. The maximum atomic E-state index is 12.7. The van der Waals surface area contributed by atoms with Crippen molar-refractivity contribution >= 4 is 10.1 Å². The summed E-state index contributed by atoms with van der Waals surface area (Å²) in [5, 5.41) is 0. The van der Waals surface area contributed by atoms with Crippen molar-refractivity contribution in [3.63, 3.8) is 0 Å². The Hall–Kier alpha value is -2.43. The highest BCUT2D eigenvalue weighted by Gasteiger charge is 2.43. The molecule has 0 fully saturated rings. The van der Waals surface area contributed by atoms with E-state index >= 15 is 0 Å². The Kier molecular flexibility index (Phi) is 4.14. The Bertz CT molecular complexity index is 1090. The molecule has 3 aliphatic carbocycles. The predicted octanol–water partition coefficient (Wildman–Crippen LogP) is 5.00. The van der Waals surface area contributed by atoms with Crippen molar-refractivity contribution in [2.75, 3.05) is 6.61 Å². The fraction of sp³-hybridized carbons (Fsp3) is 0.250. The Labute approximate surface area is 166 Å². The zero-order valence-electron chi connectivity index (χ0n) is 15.7. The second-order valence-electron chi connectivity index (χ2n) is 7.84. The number of aryl methyl sites for hydroxylation is 1. The first kappa shape index (κ1) is 17.7. The highest BCUT2D eigenvalue weighted by molar-refractivity contribution is 7.86. The van der Waals surface area contributed by atoms with E-state index in [-0.39, 0.29) is 23.3 Å². The van der Waals surface area contributed by atoms with E-state index in [4.69, 9.17) is 4.18 Å². The molecule has 0 radical (unpaired) electrons. The summed E-state index contributed by atoms with van der Waals surface area (Å²) in [6.45, 7) is 2.14. The average molecular weight is 391 g/mol. The van der Waals surface area contributed by atoms with Crippen LogP contribution in [0.4, 0.5) is 0 Å². The number of fused-ring (bicyclic) bond motifs is 1. The van der Waals surface area contributed by atoms with Crippen molar-refractivity contribution in [3.8, 4) is 0 Å². The smallest absolute Gasteiger partial charge is 0.266 e. The Morgan fingerprint density at radius 2 is 1.36 bits per heavy atom. The van der Waals surface area contributed by atoms with Crippen LogP contribution in [0.1, 0.15) is 46.1 Å². The molecule has 3 aromatic rings. The molecule has 6 rings (SSSR count). The van der Waals surface area contributed by atoms with E-state index in [9.17, 15) is 8.42 Å². The first-order valence-corrected chi connectivity index (χ1v) is 11.1. The summed E-state index contributed by atoms with van der Waals surface area (Å²) in [6, 6.07) is 23.9. The highest BCUT2D eigenvalue weighted by atomic mass is 32.2. The van der Waals surface area contributed by atoms with Crippen LogP contribution in [0.5, 0.6) is 0 Å². The fourth-order valence-corrected chi connectivity index (χ4v) is 5.83. The summed E-state index contributed by atoms with van der Waals surface area (Å²) in [5.74, 6) is 0.647. The summed E-state index contributed by atoms with van der Waals surface area (Å²) in [5.41, 5.74) is 6.42. The third-order valence-corrected chi connectivity index (χ3v) is 7.47. The number of benzene rings is 3. The van der Waals surface area contributed by atoms with Gasteiger partial charge in [-0.05, 0) is 53.6 Å². The van der Waals surface area contributed by atoms with Crippen molar-refractivity contribution in [3.05, 3.63) is 101 Å². The molecule has 0 aliphatic heterocycles. The zero-order valence-corrected chi connectivity index (χ0v) is 16.5. The summed E-state index contributed by atoms with van der Waals surface area (Å²) in [4.78, 5) is 0.222. The van der Waals surface area contributed by atoms with E-state index < -0.39 is 10.1 Å². The minimum atomic E-state index is -3.75. The van der Waals surface area contributed by atoms with E-state index in [0.717, 1.165) is 12.0 Å². The molecule has 3 aromatic carbocycles. The molecule has 0 aromatic heterocycles.